The van der Waals surface area contributed by atoms with Gasteiger partial charge in [-0.1, -0.05) is 18.2 Å². The Morgan fingerprint density at radius 1 is 1.11 bits per heavy atom. The lowest BCUT2D eigenvalue weighted by Gasteiger charge is -2.15. The fraction of sp³-hybridized carbons (Fsp3) is 0.0952. The minimum atomic E-state index is -4.86. The molecule has 14 heteroatoms. The van der Waals surface area contributed by atoms with Crippen LogP contribution in [0.3, 0.4) is 0 Å². The maximum atomic E-state index is 13.2. The number of pyridine rings is 2. The Morgan fingerprint density at radius 2 is 1.83 bits per heavy atom. The summed E-state index contributed by atoms with van der Waals surface area (Å²) in [5, 5.41) is 1.49. The van der Waals surface area contributed by atoms with Crippen LogP contribution < -0.4 is 14.8 Å². The Bertz CT molecular complexity index is 1400. The van der Waals surface area contributed by atoms with Crippen LogP contribution in [0.25, 0.3) is 0 Å². The number of halogens is 5. The van der Waals surface area contributed by atoms with Gasteiger partial charge in [-0.25, -0.2) is 22.8 Å². The van der Waals surface area contributed by atoms with Gasteiger partial charge in [-0.05, 0) is 48.9 Å². The van der Waals surface area contributed by atoms with Gasteiger partial charge in [-0.3, -0.25) is 9.52 Å². The van der Waals surface area contributed by atoms with Gasteiger partial charge < -0.3 is 10.1 Å². The molecule has 1 aromatic carbocycles. The average molecular weight is 531 g/mol. The number of nitrogens with one attached hydrogen (secondary N) is 2. The third-order valence-corrected chi connectivity index (χ3v) is 5.92. The van der Waals surface area contributed by atoms with Crippen LogP contribution in [0.4, 0.5) is 29.1 Å². The van der Waals surface area contributed by atoms with Crippen LogP contribution in [-0.2, 0) is 21.0 Å². The monoisotopic (exact) mass is 530 g/mol. The summed E-state index contributed by atoms with van der Waals surface area (Å²) in [7, 11) is -4.51. The Morgan fingerprint density at radius 3 is 2.43 bits per heavy atom. The lowest BCUT2D eigenvalue weighted by molar-refractivity contribution is -0.137. The average Bonchev–Trinajstić information content (AvgIpc) is 2.76. The molecule has 0 aliphatic carbocycles. The van der Waals surface area contributed by atoms with Gasteiger partial charge in [0.15, 0.2) is 5.83 Å². The highest BCUT2D eigenvalue weighted by atomic mass is 35.5. The molecule has 0 fully saturated rings. The van der Waals surface area contributed by atoms with Crippen molar-refractivity contribution in [1.82, 2.24) is 9.97 Å². The summed E-state index contributed by atoms with van der Waals surface area (Å²) < 4.78 is 85.6. The van der Waals surface area contributed by atoms with Gasteiger partial charge in [0, 0.05) is 6.20 Å². The van der Waals surface area contributed by atoms with E-state index in [1.807, 2.05) is 0 Å². The van der Waals surface area contributed by atoms with E-state index in [-0.39, 0.29) is 23.1 Å². The van der Waals surface area contributed by atoms with Gasteiger partial charge in [-0.15, -0.1) is 0 Å². The molecule has 0 radical (unpaired) electrons. The van der Waals surface area contributed by atoms with Crippen molar-refractivity contribution < 1.29 is 35.5 Å². The Kier molecular flexibility index (Phi) is 7.31. The maximum absolute atomic E-state index is 13.2. The third kappa shape index (κ3) is 6.45. The third-order valence-electron chi connectivity index (χ3n) is 4.22. The second-order valence-corrected chi connectivity index (χ2v) is 9.04. The first-order valence-corrected chi connectivity index (χ1v) is 11.3. The number of rotatable bonds is 7. The van der Waals surface area contributed by atoms with Gasteiger partial charge in [0.1, 0.15) is 17.3 Å². The fourth-order valence-electron chi connectivity index (χ4n) is 2.61. The Labute approximate surface area is 201 Å². The summed E-state index contributed by atoms with van der Waals surface area (Å²) >= 11 is 5.56. The molecule has 35 heavy (non-hydrogen) atoms. The maximum Gasteiger partial charge on any atom is 0.417 e. The quantitative estimate of drug-likeness (QED) is 0.309. The van der Waals surface area contributed by atoms with E-state index in [0.717, 1.165) is 18.3 Å². The molecule has 0 saturated carbocycles. The second kappa shape index (κ2) is 9.88. The molecule has 2 N–H and O–H groups in total. The van der Waals surface area contributed by atoms with Crippen molar-refractivity contribution in [1.29, 1.82) is 0 Å². The molecular formula is C21H15ClF4N4O4S. The van der Waals surface area contributed by atoms with Crippen molar-refractivity contribution in [3.05, 3.63) is 77.3 Å². The summed E-state index contributed by atoms with van der Waals surface area (Å²) in [5.41, 5.74) is -0.958. The Balaban J connectivity index is 1.88. The van der Waals surface area contributed by atoms with Gasteiger partial charge in [0.25, 0.3) is 15.9 Å². The van der Waals surface area contributed by atoms with Gasteiger partial charge in [0.2, 0.25) is 5.88 Å². The molecule has 2 aromatic heterocycles. The molecule has 184 valence electrons. The van der Waals surface area contributed by atoms with Crippen molar-refractivity contribution in [2.45, 2.75) is 18.0 Å². The summed E-state index contributed by atoms with van der Waals surface area (Å²) in [4.78, 5) is 18.5. The zero-order valence-electron chi connectivity index (χ0n) is 17.7. The van der Waals surface area contributed by atoms with Crippen molar-refractivity contribution in [2.24, 2.45) is 0 Å². The number of hydrogen-bond acceptors (Lipinski definition) is 6. The molecular weight excluding hydrogens is 516 g/mol. The summed E-state index contributed by atoms with van der Waals surface area (Å²) in [6.45, 7) is 4.46. The van der Waals surface area contributed by atoms with Gasteiger partial charge in [-0.2, -0.15) is 13.2 Å². The number of alkyl halides is 3. The topological polar surface area (TPSA) is 110 Å². The van der Waals surface area contributed by atoms with E-state index in [9.17, 15) is 30.8 Å². The minimum Gasteiger partial charge on any atom is -0.435 e. The smallest absolute Gasteiger partial charge is 0.417 e. The number of aryl methyl sites for hydroxylation is 1. The highest BCUT2D eigenvalue weighted by Crippen LogP contribution is 2.37. The lowest BCUT2D eigenvalue weighted by Crippen LogP contribution is -2.16. The van der Waals surface area contributed by atoms with Crippen molar-refractivity contribution in [3.8, 4) is 11.6 Å². The SMILES string of the molecule is C=C(F)C(=O)Nc1ccc(Oc2ncc(C)cc2NS(=O)(=O)c2ccc(Cl)c(C(F)(F)F)c2)cn1. The molecule has 0 unspecified atom stereocenters. The number of ether oxygens (including phenoxy) is 1. The minimum absolute atomic E-state index is 0.0119. The zero-order valence-corrected chi connectivity index (χ0v) is 19.2. The number of sulfonamides is 1. The van der Waals surface area contributed by atoms with Crippen LogP contribution in [0.15, 0.2) is 66.1 Å². The largest absolute Gasteiger partial charge is 0.435 e. The van der Waals surface area contributed by atoms with Crippen LogP contribution in [0.5, 0.6) is 11.6 Å². The first-order chi connectivity index (χ1) is 16.3. The van der Waals surface area contributed by atoms with Crippen molar-refractivity contribution in [2.75, 3.05) is 10.0 Å². The highest BCUT2D eigenvalue weighted by molar-refractivity contribution is 7.92. The van der Waals surface area contributed by atoms with Crippen LogP contribution in [0.1, 0.15) is 11.1 Å². The molecule has 0 spiro atoms. The molecule has 3 aromatic rings. The van der Waals surface area contributed by atoms with Crippen LogP contribution in [0, 0.1) is 6.92 Å². The first kappa shape index (κ1) is 25.9. The molecule has 0 aliphatic rings. The molecule has 0 aliphatic heterocycles. The predicted molar refractivity (Wildman–Crippen MR) is 119 cm³/mol. The highest BCUT2D eigenvalue weighted by Gasteiger charge is 2.34. The van der Waals surface area contributed by atoms with E-state index in [0.29, 0.717) is 11.6 Å². The molecule has 3 rings (SSSR count). The van der Waals surface area contributed by atoms with Gasteiger partial charge in [0.05, 0.1) is 21.7 Å². The van der Waals surface area contributed by atoms with E-state index >= 15 is 0 Å². The molecule has 2 heterocycles. The number of carbonyl (C=O) groups excluding carboxylic acids is 1. The van der Waals surface area contributed by atoms with E-state index in [1.54, 1.807) is 6.92 Å². The zero-order chi connectivity index (χ0) is 26.0. The van der Waals surface area contributed by atoms with Crippen LogP contribution in [-0.4, -0.2) is 24.3 Å². The Hall–Kier alpha value is -3.71. The number of hydrogen-bond donors (Lipinski definition) is 2. The van der Waals surface area contributed by atoms with Crippen molar-refractivity contribution >= 4 is 39.0 Å². The van der Waals surface area contributed by atoms with E-state index in [2.05, 4.69) is 26.6 Å². The number of amides is 1. The summed E-state index contributed by atoms with van der Waals surface area (Å²) in [6.07, 6.45) is -2.35. The van der Waals surface area contributed by atoms with E-state index < -0.39 is 43.4 Å². The standard InChI is InChI=1S/C21H15ClF4N4O4S/c1-11-7-17(30-35(32,33)14-4-5-16(22)15(8-14)21(24,25)26)20(28-9-11)34-13-3-6-18(27-10-13)29-19(31)12(2)23/h3-10,30H,2H2,1H3,(H,27,29,31). The molecule has 8 nitrogen and oxygen atoms in total. The first-order valence-electron chi connectivity index (χ1n) is 9.42. The van der Waals surface area contributed by atoms with Crippen molar-refractivity contribution in [3.63, 3.8) is 0 Å². The van der Waals surface area contributed by atoms with E-state index in [4.69, 9.17) is 16.3 Å². The molecule has 0 bridgehead atoms. The van der Waals surface area contributed by atoms with Crippen LogP contribution in [0.2, 0.25) is 5.02 Å². The number of nitrogens with zero attached hydrogens (tertiary/aromatic N) is 2. The van der Waals surface area contributed by atoms with E-state index in [1.165, 1.54) is 24.4 Å². The predicted octanol–water partition coefficient (Wildman–Crippen LogP) is 5.47. The molecule has 0 atom stereocenters. The number of carbonyl (C=O) groups is 1. The van der Waals surface area contributed by atoms with Crippen LogP contribution >= 0.6 is 11.6 Å². The summed E-state index contributed by atoms with van der Waals surface area (Å²) in [5.74, 6) is -2.48. The number of benzene rings is 1. The second-order valence-electron chi connectivity index (χ2n) is 6.95. The number of anilines is 2. The molecule has 0 saturated heterocycles. The summed E-state index contributed by atoms with van der Waals surface area (Å²) in [6, 6.07) is 6.13. The number of aromatic nitrogens is 2. The normalized spacial score (nSPS) is 11.6. The fourth-order valence-corrected chi connectivity index (χ4v) is 3.91. The molecule has 1 amide bonds. The lowest BCUT2D eigenvalue weighted by atomic mass is 10.2. The van der Waals surface area contributed by atoms with Gasteiger partial charge >= 0.3 is 6.18 Å².